The summed E-state index contributed by atoms with van der Waals surface area (Å²) in [5.41, 5.74) is 1.94. The van der Waals surface area contributed by atoms with Crippen molar-refractivity contribution in [3.63, 3.8) is 0 Å². The zero-order valence-corrected chi connectivity index (χ0v) is 12.0. The van der Waals surface area contributed by atoms with Crippen LogP contribution in [0.1, 0.15) is 42.5 Å². The highest BCUT2D eigenvalue weighted by molar-refractivity contribution is 5.81. The fourth-order valence-corrected chi connectivity index (χ4v) is 2.06. The first kappa shape index (κ1) is 14.2. The van der Waals surface area contributed by atoms with Crippen molar-refractivity contribution in [2.24, 2.45) is 0 Å². The molecule has 1 heterocycles. The van der Waals surface area contributed by atoms with Crippen LogP contribution in [0, 0.1) is 6.92 Å². The van der Waals surface area contributed by atoms with Gasteiger partial charge < -0.3 is 4.74 Å². The number of aryl methyl sites for hydroxylation is 2. The van der Waals surface area contributed by atoms with Crippen LogP contribution < -0.4 is 0 Å². The van der Waals surface area contributed by atoms with Gasteiger partial charge in [0.05, 0.1) is 6.61 Å². The molecule has 0 amide bonds. The van der Waals surface area contributed by atoms with Gasteiger partial charge in [0.2, 0.25) is 0 Å². The van der Waals surface area contributed by atoms with Crippen molar-refractivity contribution in [2.75, 3.05) is 6.61 Å². The smallest absolute Gasteiger partial charge is 0.321 e. The van der Waals surface area contributed by atoms with Crippen LogP contribution in [-0.2, 0) is 16.0 Å². The van der Waals surface area contributed by atoms with E-state index < -0.39 is 5.92 Å². The van der Waals surface area contributed by atoms with Crippen molar-refractivity contribution in [3.05, 3.63) is 47.0 Å². The Bertz CT molecular complexity index is 592. The van der Waals surface area contributed by atoms with Crippen LogP contribution >= 0.6 is 0 Å². The lowest BCUT2D eigenvalue weighted by Gasteiger charge is -2.13. The van der Waals surface area contributed by atoms with Crippen LogP contribution in [0.25, 0.3) is 0 Å². The Balaban J connectivity index is 2.41. The van der Waals surface area contributed by atoms with Gasteiger partial charge in [0.15, 0.2) is 5.82 Å². The number of carbonyl (C=O) groups is 1. The first-order valence-corrected chi connectivity index (χ1v) is 6.80. The molecule has 0 radical (unpaired) electrons. The largest absolute Gasteiger partial charge is 0.465 e. The second-order valence-corrected chi connectivity index (χ2v) is 4.59. The van der Waals surface area contributed by atoms with Crippen molar-refractivity contribution in [1.29, 1.82) is 0 Å². The van der Waals surface area contributed by atoms with Crippen LogP contribution in [0.15, 0.2) is 24.3 Å². The van der Waals surface area contributed by atoms with Crippen molar-refractivity contribution >= 4 is 5.97 Å². The van der Waals surface area contributed by atoms with Gasteiger partial charge in [-0.1, -0.05) is 36.8 Å². The lowest BCUT2D eigenvalue weighted by Crippen LogP contribution is -2.18. The molecule has 5 heteroatoms. The molecule has 0 aliphatic carbocycles. The maximum absolute atomic E-state index is 12.2. The maximum atomic E-state index is 12.2. The predicted molar refractivity (Wildman–Crippen MR) is 75.4 cm³/mol. The van der Waals surface area contributed by atoms with Gasteiger partial charge in [-0.05, 0) is 19.4 Å². The summed E-state index contributed by atoms with van der Waals surface area (Å²) in [5.74, 6) is 0.332. The molecule has 0 saturated carbocycles. The molecule has 5 nitrogen and oxygen atoms in total. The Hall–Kier alpha value is -2.17. The van der Waals surface area contributed by atoms with Crippen molar-refractivity contribution in [1.82, 2.24) is 15.2 Å². The van der Waals surface area contributed by atoms with Gasteiger partial charge in [-0.3, -0.25) is 9.89 Å². The van der Waals surface area contributed by atoms with Gasteiger partial charge >= 0.3 is 5.97 Å². The van der Waals surface area contributed by atoms with E-state index in [9.17, 15) is 4.79 Å². The van der Waals surface area contributed by atoms with E-state index >= 15 is 0 Å². The quantitative estimate of drug-likeness (QED) is 0.849. The Kier molecular flexibility index (Phi) is 4.50. The molecule has 1 N–H and O–H groups in total. The van der Waals surface area contributed by atoms with E-state index in [4.69, 9.17) is 4.74 Å². The number of nitrogens with zero attached hydrogens (tertiary/aromatic N) is 2. The summed E-state index contributed by atoms with van der Waals surface area (Å²) >= 11 is 0. The number of H-pyrrole nitrogens is 1. The van der Waals surface area contributed by atoms with Crippen LogP contribution in [-0.4, -0.2) is 27.8 Å². The minimum Gasteiger partial charge on any atom is -0.465 e. The second-order valence-electron chi connectivity index (χ2n) is 4.59. The van der Waals surface area contributed by atoms with Gasteiger partial charge in [-0.2, -0.15) is 5.10 Å². The minimum atomic E-state index is -0.577. The molecule has 0 bridgehead atoms. The fraction of sp³-hybridized carbons (Fsp3) is 0.400. The van der Waals surface area contributed by atoms with E-state index in [1.165, 1.54) is 0 Å². The zero-order chi connectivity index (χ0) is 14.5. The van der Waals surface area contributed by atoms with Crippen LogP contribution in [0.4, 0.5) is 0 Å². The van der Waals surface area contributed by atoms with E-state index in [0.717, 1.165) is 23.4 Å². The number of hydrogen-bond donors (Lipinski definition) is 1. The molecule has 0 spiro atoms. The molecule has 2 rings (SSSR count). The average molecular weight is 273 g/mol. The maximum Gasteiger partial charge on any atom is 0.321 e. The molecule has 20 heavy (non-hydrogen) atoms. The van der Waals surface area contributed by atoms with Crippen molar-refractivity contribution in [2.45, 2.75) is 33.1 Å². The standard InChI is InChI=1S/C15H19N3O2/c1-4-12-16-14(18-17-12)13(15(19)20-5-2)11-8-6-7-10(3)9-11/h6-9,13H,4-5H2,1-3H3,(H,16,17,18). The summed E-state index contributed by atoms with van der Waals surface area (Å²) < 4.78 is 5.16. The summed E-state index contributed by atoms with van der Waals surface area (Å²) in [6, 6.07) is 7.77. The lowest BCUT2D eigenvalue weighted by atomic mass is 9.97. The van der Waals surface area contributed by atoms with Gasteiger partial charge in [-0.15, -0.1) is 0 Å². The lowest BCUT2D eigenvalue weighted by molar-refractivity contribution is -0.144. The second kappa shape index (κ2) is 6.32. The summed E-state index contributed by atoms with van der Waals surface area (Å²) in [4.78, 5) is 16.6. The van der Waals surface area contributed by atoms with Gasteiger partial charge in [0.1, 0.15) is 11.7 Å². The fourth-order valence-electron chi connectivity index (χ4n) is 2.06. The monoisotopic (exact) mass is 273 g/mol. The van der Waals surface area contributed by atoms with E-state index in [0.29, 0.717) is 12.4 Å². The van der Waals surface area contributed by atoms with Gasteiger partial charge in [-0.25, -0.2) is 4.98 Å². The predicted octanol–water partition coefficient (Wildman–Crippen LogP) is 2.37. The molecule has 1 unspecified atom stereocenters. The highest BCUT2D eigenvalue weighted by atomic mass is 16.5. The molecular weight excluding hydrogens is 254 g/mol. The van der Waals surface area contributed by atoms with Crippen molar-refractivity contribution < 1.29 is 9.53 Å². The molecule has 0 saturated heterocycles. The molecule has 2 aromatic rings. The number of ether oxygens (including phenoxy) is 1. The number of benzene rings is 1. The summed E-state index contributed by atoms with van der Waals surface area (Å²) in [6.07, 6.45) is 0.746. The highest BCUT2D eigenvalue weighted by Crippen LogP contribution is 2.24. The summed E-state index contributed by atoms with van der Waals surface area (Å²) in [6.45, 7) is 6.10. The number of nitrogens with one attached hydrogen (secondary N) is 1. The molecule has 106 valence electrons. The van der Waals surface area contributed by atoms with Crippen molar-refractivity contribution in [3.8, 4) is 0 Å². The molecule has 0 aliphatic rings. The molecule has 1 atom stereocenters. The summed E-state index contributed by atoms with van der Waals surface area (Å²) in [5, 5.41) is 7.01. The molecule has 0 fully saturated rings. The Morgan fingerprint density at radius 3 is 2.80 bits per heavy atom. The number of aromatic amines is 1. The number of carbonyl (C=O) groups excluding carboxylic acids is 1. The van der Waals surface area contributed by atoms with E-state index in [1.807, 2.05) is 38.1 Å². The number of hydrogen-bond acceptors (Lipinski definition) is 4. The van der Waals surface area contributed by atoms with Crippen LogP contribution in [0.3, 0.4) is 0 Å². The van der Waals surface area contributed by atoms with E-state index in [-0.39, 0.29) is 5.97 Å². The minimum absolute atomic E-state index is 0.320. The first-order chi connectivity index (χ1) is 9.65. The van der Waals surface area contributed by atoms with Gasteiger partial charge in [0, 0.05) is 6.42 Å². The van der Waals surface area contributed by atoms with E-state index in [2.05, 4.69) is 15.2 Å². The molecule has 0 aliphatic heterocycles. The van der Waals surface area contributed by atoms with Gasteiger partial charge in [0.25, 0.3) is 0 Å². The highest BCUT2D eigenvalue weighted by Gasteiger charge is 2.28. The van der Waals surface area contributed by atoms with E-state index in [1.54, 1.807) is 6.92 Å². The molecule has 1 aromatic heterocycles. The SMILES string of the molecule is CCOC(=O)C(c1cccc(C)c1)c1n[nH]c(CC)n1. The first-order valence-electron chi connectivity index (χ1n) is 6.80. The third-order valence-electron chi connectivity index (χ3n) is 3.04. The van der Waals surface area contributed by atoms with Crippen LogP contribution in [0.2, 0.25) is 0 Å². The zero-order valence-electron chi connectivity index (χ0n) is 12.0. The summed E-state index contributed by atoms with van der Waals surface area (Å²) in [7, 11) is 0. The topological polar surface area (TPSA) is 67.9 Å². The number of aromatic nitrogens is 3. The Morgan fingerprint density at radius 1 is 1.40 bits per heavy atom. The normalized spacial score (nSPS) is 12.2. The third-order valence-corrected chi connectivity index (χ3v) is 3.04. The molecular formula is C15H19N3O2. The Morgan fingerprint density at radius 2 is 2.20 bits per heavy atom. The number of rotatable bonds is 5. The number of esters is 1. The third kappa shape index (κ3) is 3.04. The molecule has 1 aromatic carbocycles. The van der Waals surface area contributed by atoms with Crippen LogP contribution in [0.5, 0.6) is 0 Å². The average Bonchev–Trinajstić information content (AvgIpc) is 2.88. The Labute approximate surface area is 118 Å².